The van der Waals surface area contributed by atoms with E-state index in [-0.39, 0.29) is 23.7 Å². The van der Waals surface area contributed by atoms with E-state index >= 15 is 0 Å². The van der Waals surface area contributed by atoms with Gasteiger partial charge in [-0.15, -0.1) is 0 Å². The zero-order valence-electron chi connectivity index (χ0n) is 13.8. The van der Waals surface area contributed by atoms with Crippen LogP contribution in [0.15, 0.2) is 28.8 Å². The van der Waals surface area contributed by atoms with Gasteiger partial charge in [-0.25, -0.2) is 14.9 Å². The van der Waals surface area contributed by atoms with Crippen LogP contribution in [0, 0.1) is 0 Å². The number of aliphatic imine (C=N–C) groups is 1. The third kappa shape index (κ3) is 3.99. The Kier molecular flexibility index (Phi) is 5.70. The van der Waals surface area contributed by atoms with Gasteiger partial charge < -0.3 is 10.8 Å². The number of amidine groups is 1. The lowest BCUT2D eigenvalue weighted by Gasteiger charge is -2.21. The van der Waals surface area contributed by atoms with E-state index in [1.807, 2.05) is 13.8 Å². The lowest BCUT2D eigenvalue weighted by atomic mass is 10.0. The molecular weight excluding hydrogens is 310 g/mol. The monoisotopic (exact) mass is 331 g/mol. The van der Waals surface area contributed by atoms with Crippen LogP contribution in [0.4, 0.5) is 5.69 Å². The maximum absolute atomic E-state index is 12.7. The van der Waals surface area contributed by atoms with Gasteiger partial charge in [0.05, 0.1) is 17.9 Å². The van der Waals surface area contributed by atoms with Gasteiger partial charge in [0.2, 0.25) is 0 Å². The summed E-state index contributed by atoms with van der Waals surface area (Å²) in [7, 11) is 0. The van der Waals surface area contributed by atoms with Crippen LogP contribution in [-0.2, 0) is 9.63 Å². The predicted molar refractivity (Wildman–Crippen MR) is 90.9 cm³/mol. The molecule has 0 saturated heterocycles. The number of carbonyl (C=O) groups is 2. The molecule has 0 fully saturated rings. The first-order valence-electron chi connectivity index (χ1n) is 7.82. The zero-order chi connectivity index (χ0) is 17.7. The predicted octanol–water partition coefficient (Wildman–Crippen LogP) is 2.35. The molecule has 0 aromatic heterocycles. The fraction of sp³-hybridized carbons (Fsp3) is 0.353. The second-order valence-electron chi connectivity index (χ2n) is 5.35. The minimum atomic E-state index is -1.04. The molecule has 0 atom stereocenters. The van der Waals surface area contributed by atoms with Gasteiger partial charge in [-0.2, -0.15) is 0 Å². The molecule has 1 amide bonds. The first-order chi connectivity index (χ1) is 11.5. The molecule has 3 N–H and O–H groups in total. The minimum Gasteiger partial charge on any atom is -0.478 e. The maximum Gasteiger partial charge on any atom is 0.335 e. The van der Waals surface area contributed by atoms with Crippen LogP contribution >= 0.6 is 0 Å². The second kappa shape index (κ2) is 7.74. The largest absolute Gasteiger partial charge is 0.478 e. The van der Waals surface area contributed by atoms with Gasteiger partial charge in [0.15, 0.2) is 0 Å². The van der Waals surface area contributed by atoms with Crippen molar-refractivity contribution >= 4 is 29.5 Å². The van der Waals surface area contributed by atoms with E-state index in [4.69, 9.17) is 15.7 Å². The van der Waals surface area contributed by atoms with E-state index in [9.17, 15) is 9.59 Å². The second-order valence-corrected chi connectivity index (χ2v) is 5.35. The van der Waals surface area contributed by atoms with E-state index in [2.05, 4.69) is 4.99 Å². The topological polar surface area (TPSA) is 105 Å². The molecule has 0 radical (unpaired) electrons. The molecule has 1 aliphatic heterocycles. The summed E-state index contributed by atoms with van der Waals surface area (Å²) in [5.41, 5.74) is 7.57. The van der Waals surface area contributed by atoms with E-state index in [0.717, 1.165) is 6.42 Å². The molecular formula is C17H21N3O4. The van der Waals surface area contributed by atoms with Gasteiger partial charge in [-0.1, -0.05) is 13.0 Å². The summed E-state index contributed by atoms with van der Waals surface area (Å²) in [5, 5.41) is 10.4. The molecule has 7 nitrogen and oxygen atoms in total. The van der Waals surface area contributed by atoms with Crippen molar-refractivity contribution in [3.63, 3.8) is 0 Å². The molecule has 0 bridgehead atoms. The molecule has 0 unspecified atom stereocenters. The molecule has 24 heavy (non-hydrogen) atoms. The van der Waals surface area contributed by atoms with Crippen molar-refractivity contribution in [2.24, 2.45) is 10.7 Å². The average Bonchev–Trinajstić information content (AvgIpc) is 2.71. The normalized spacial score (nSPS) is 13.4. The molecule has 1 aromatic rings. The summed E-state index contributed by atoms with van der Waals surface area (Å²) in [5.74, 6) is -1.04. The van der Waals surface area contributed by atoms with Gasteiger partial charge in [0.1, 0.15) is 5.84 Å². The van der Waals surface area contributed by atoms with Crippen molar-refractivity contribution < 1.29 is 19.5 Å². The van der Waals surface area contributed by atoms with Crippen LogP contribution < -0.4 is 5.73 Å². The van der Waals surface area contributed by atoms with E-state index in [0.29, 0.717) is 30.0 Å². The Morgan fingerprint density at radius 1 is 1.38 bits per heavy atom. The Morgan fingerprint density at radius 3 is 2.75 bits per heavy atom. The van der Waals surface area contributed by atoms with Crippen molar-refractivity contribution in [3.05, 3.63) is 34.9 Å². The summed E-state index contributed by atoms with van der Waals surface area (Å²) < 4.78 is 0. The number of rotatable bonds is 6. The molecule has 128 valence electrons. The number of nitrogens with two attached hydrogens (primary N) is 1. The van der Waals surface area contributed by atoms with Crippen LogP contribution in [0.25, 0.3) is 6.08 Å². The molecule has 1 aliphatic rings. The third-order valence-electron chi connectivity index (χ3n) is 3.46. The molecule has 7 heteroatoms. The number of carbonyl (C=O) groups excluding carboxylic acids is 1. The van der Waals surface area contributed by atoms with Crippen LogP contribution in [0.3, 0.4) is 0 Å². The van der Waals surface area contributed by atoms with Crippen molar-refractivity contribution in [1.82, 2.24) is 5.06 Å². The standard InChI is InChI=1S/C17H21N3O4/c1-3-7-20(24-4-2)16(21)13-8-11-5-6-12(17(22)23)9-14(11)19-15(18)10-13/h5-6,8-9H,3-4,7,10H2,1-2H3,(H2,18,19)(H,22,23). The summed E-state index contributed by atoms with van der Waals surface area (Å²) in [4.78, 5) is 33.4. The Morgan fingerprint density at radius 2 is 2.12 bits per heavy atom. The third-order valence-corrected chi connectivity index (χ3v) is 3.46. The number of hydrogen-bond acceptors (Lipinski definition) is 5. The summed E-state index contributed by atoms with van der Waals surface area (Å²) >= 11 is 0. The lowest BCUT2D eigenvalue weighted by Crippen LogP contribution is -2.34. The molecule has 0 aliphatic carbocycles. The van der Waals surface area contributed by atoms with E-state index < -0.39 is 5.97 Å². The SMILES string of the molecule is CCCN(OCC)C(=O)C1=Cc2ccc(C(=O)O)cc2N=C(N)C1. The zero-order valence-corrected chi connectivity index (χ0v) is 13.8. The van der Waals surface area contributed by atoms with Gasteiger partial charge in [-0.05, 0) is 31.6 Å². The first kappa shape index (κ1) is 17.7. The fourth-order valence-corrected chi connectivity index (χ4v) is 2.40. The summed E-state index contributed by atoms with van der Waals surface area (Å²) in [6.45, 7) is 4.64. The minimum absolute atomic E-state index is 0.121. The molecule has 1 aromatic carbocycles. The smallest absolute Gasteiger partial charge is 0.335 e. The Balaban J connectivity index is 2.40. The molecule has 1 heterocycles. The van der Waals surface area contributed by atoms with Gasteiger partial charge in [0, 0.05) is 24.1 Å². The molecule has 0 saturated carbocycles. The van der Waals surface area contributed by atoms with Gasteiger partial charge >= 0.3 is 5.97 Å². The number of benzene rings is 1. The van der Waals surface area contributed by atoms with Crippen LogP contribution in [-0.4, -0.2) is 41.0 Å². The Labute approximate surface area is 140 Å². The first-order valence-corrected chi connectivity index (χ1v) is 7.82. The number of fused-ring (bicyclic) bond motifs is 1. The van der Waals surface area contributed by atoms with E-state index in [1.54, 1.807) is 12.1 Å². The average molecular weight is 331 g/mol. The Hall–Kier alpha value is -2.67. The van der Waals surface area contributed by atoms with Gasteiger partial charge in [0.25, 0.3) is 5.91 Å². The number of hydrogen-bond donors (Lipinski definition) is 2. The summed E-state index contributed by atoms with van der Waals surface area (Å²) in [6, 6.07) is 4.54. The highest BCUT2D eigenvalue weighted by Crippen LogP contribution is 2.28. The van der Waals surface area contributed by atoms with Crippen molar-refractivity contribution in [3.8, 4) is 0 Å². The number of aromatic carboxylic acids is 1. The molecule has 2 rings (SSSR count). The number of amides is 1. The fourth-order valence-electron chi connectivity index (χ4n) is 2.40. The quantitative estimate of drug-likeness (QED) is 0.778. The maximum atomic E-state index is 12.7. The van der Waals surface area contributed by atoms with Crippen molar-refractivity contribution in [2.45, 2.75) is 26.7 Å². The van der Waals surface area contributed by atoms with Crippen LogP contribution in [0.1, 0.15) is 42.6 Å². The number of carboxylic acid groups (broad SMARTS) is 1. The van der Waals surface area contributed by atoms with Crippen LogP contribution in [0.5, 0.6) is 0 Å². The van der Waals surface area contributed by atoms with Crippen molar-refractivity contribution in [2.75, 3.05) is 13.2 Å². The Bertz CT molecular complexity index is 704. The highest BCUT2D eigenvalue weighted by atomic mass is 16.7. The number of carboxylic acids is 1. The lowest BCUT2D eigenvalue weighted by molar-refractivity contribution is -0.180. The van der Waals surface area contributed by atoms with Crippen molar-refractivity contribution in [1.29, 1.82) is 0 Å². The van der Waals surface area contributed by atoms with Crippen LogP contribution in [0.2, 0.25) is 0 Å². The summed E-state index contributed by atoms with van der Waals surface area (Å²) in [6.07, 6.45) is 2.64. The number of hydroxylamine groups is 2. The number of nitrogens with zero attached hydrogens (tertiary/aromatic N) is 2. The van der Waals surface area contributed by atoms with Gasteiger partial charge in [-0.3, -0.25) is 9.63 Å². The highest BCUT2D eigenvalue weighted by molar-refractivity contribution is 6.05. The molecule has 0 spiro atoms. The highest BCUT2D eigenvalue weighted by Gasteiger charge is 2.22. The van der Waals surface area contributed by atoms with E-state index in [1.165, 1.54) is 17.2 Å².